The number of hydrogen-bond donors (Lipinski definition) is 0. The molecule has 2 rings (SSSR count). The Morgan fingerprint density at radius 2 is 2.22 bits per heavy atom. The van der Waals surface area contributed by atoms with E-state index in [4.69, 9.17) is 4.74 Å². The van der Waals surface area contributed by atoms with E-state index in [0.29, 0.717) is 23.6 Å². The Bertz CT molecular complexity index is 726. The summed E-state index contributed by atoms with van der Waals surface area (Å²) in [4.78, 5) is 15.7. The van der Waals surface area contributed by atoms with E-state index in [0.717, 1.165) is 23.9 Å². The Labute approximate surface area is 139 Å². The molecule has 0 aliphatic carbocycles. The van der Waals surface area contributed by atoms with Gasteiger partial charge in [-0.1, -0.05) is 43.0 Å². The van der Waals surface area contributed by atoms with Crippen LogP contribution in [0.2, 0.25) is 0 Å². The number of rotatable bonds is 6. The first kappa shape index (κ1) is 17.0. The molecule has 0 radical (unpaired) electrons. The highest BCUT2D eigenvalue weighted by atomic mass is 32.2. The van der Waals surface area contributed by atoms with Crippen LogP contribution in [0.4, 0.5) is 4.79 Å². The average molecular weight is 329 g/mol. The summed E-state index contributed by atoms with van der Waals surface area (Å²) in [6.45, 7) is 6.18. The average Bonchev–Trinajstić information content (AvgIpc) is 2.59. The van der Waals surface area contributed by atoms with Gasteiger partial charge in [0.15, 0.2) is 0 Å². The van der Waals surface area contributed by atoms with E-state index in [2.05, 4.69) is 16.7 Å². The maximum absolute atomic E-state index is 11.7. The predicted molar refractivity (Wildman–Crippen MR) is 93.0 cm³/mol. The fourth-order valence-corrected chi connectivity index (χ4v) is 2.23. The normalized spacial score (nSPS) is 11.3. The third kappa shape index (κ3) is 5.10. The smallest absolute Gasteiger partial charge is 0.305 e. The molecule has 0 aliphatic heterocycles. The lowest BCUT2D eigenvalue weighted by Gasteiger charge is -2.12. The Hall–Kier alpha value is -2.34. The molecular formula is C17H19N3O2S. The minimum atomic E-state index is -0.273. The highest BCUT2D eigenvalue weighted by Crippen LogP contribution is 2.14. The van der Waals surface area contributed by atoms with Crippen molar-refractivity contribution < 1.29 is 9.53 Å². The highest BCUT2D eigenvalue weighted by molar-refractivity contribution is 8.13. The summed E-state index contributed by atoms with van der Waals surface area (Å²) < 4.78 is 7.44. The number of carbonyl (C=O) groups is 1. The number of para-hydroxylation sites is 1. The summed E-state index contributed by atoms with van der Waals surface area (Å²) in [5.41, 5.74) is 0.887. The van der Waals surface area contributed by atoms with Crippen molar-refractivity contribution in [3.05, 3.63) is 60.6 Å². The van der Waals surface area contributed by atoms with Crippen molar-refractivity contribution in [2.45, 2.75) is 13.3 Å². The van der Waals surface area contributed by atoms with E-state index in [1.807, 2.05) is 37.3 Å². The lowest BCUT2D eigenvalue weighted by atomic mass is 10.3. The number of nitrogens with zero attached hydrogens (tertiary/aromatic N) is 3. The molecule has 0 unspecified atom stereocenters. The minimum absolute atomic E-state index is 0.273. The van der Waals surface area contributed by atoms with Gasteiger partial charge in [0, 0.05) is 11.8 Å². The second kappa shape index (κ2) is 8.95. The van der Waals surface area contributed by atoms with Crippen LogP contribution in [0.3, 0.4) is 0 Å². The van der Waals surface area contributed by atoms with Gasteiger partial charge >= 0.3 is 5.24 Å². The second-order valence-corrected chi connectivity index (χ2v) is 5.60. The van der Waals surface area contributed by atoms with E-state index >= 15 is 0 Å². The van der Waals surface area contributed by atoms with Crippen molar-refractivity contribution in [3.8, 4) is 11.6 Å². The molecule has 0 atom stereocenters. The van der Waals surface area contributed by atoms with Gasteiger partial charge in [-0.05, 0) is 18.6 Å². The summed E-state index contributed by atoms with van der Waals surface area (Å²) in [5, 5.41) is 4.56. The molecule has 5 nitrogen and oxygen atoms in total. The van der Waals surface area contributed by atoms with Crippen molar-refractivity contribution in [1.29, 1.82) is 0 Å². The maximum atomic E-state index is 11.7. The van der Waals surface area contributed by atoms with Crippen molar-refractivity contribution in [2.24, 2.45) is 4.99 Å². The molecule has 1 aromatic heterocycles. The molecule has 0 saturated heterocycles. The van der Waals surface area contributed by atoms with E-state index in [1.165, 1.54) is 0 Å². The number of aromatic nitrogens is 2. The molecular weight excluding hydrogens is 310 g/mol. The van der Waals surface area contributed by atoms with Gasteiger partial charge in [0.05, 0.1) is 23.8 Å². The number of benzene rings is 1. The topological polar surface area (TPSA) is 56.5 Å². The van der Waals surface area contributed by atoms with Gasteiger partial charge < -0.3 is 4.74 Å². The summed E-state index contributed by atoms with van der Waals surface area (Å²) in [5.74, 6) is 1.09. The number of carbonyl (C=O) groups excluding carboxylic acids is 1. The quantitative estimate of drug-likeness (QED) is 0.760. The summed E-state index contributed by atoms with van der Waals surface area (Å²) in [6.07, 6.45) is 4.10. The van der Waals surface area contributed by atoms with Gasteiger partial charge in [-0.15, -0.1) is 6.58 Å². The van der Waals surface area contributed by atoms with E-state index in [1.54, 1.807) is 23.0 Å². The Balaban J connectivity index is 2.36. The van der Waals surface area contributed by atoms with Gasteiger partial charge in [0.2, 0.25) is 5.88 Å². The van der Waals surface area contributed by atoms with Crippen molar-refractivity contribution in [1.82, 2.24) is 9.78 Å². The first-order valence-corrected chi connectivity index (χ1v) is 8.33. The van der Waals surface area contributed by atoms with Crippen LogP contribution in [0.1, 0.15) is 13.3 Å². The van der Waals surface area contributed by atoms with Gasteiger partial charge in [0.1, 0.15) is 0 Å². The fourth-order valence-electron chi connectivity index (χ4n) is 1.80. The molecule has 0 saturated carbocycles. The van der Waals surface area contributed by atoms with Crippen LogP contribution in [0.15, 0.2) is 60.2 Å². The molecule has 23 heavy (non-hydrogen) atoms. The molecule has 0 N–H and O–H groups in total. The zero-order valence-electron chi connectivity index (χ0n) is 13.0. The zero-order chi connectivity index (χ0) is 16.5. The number of ether oxygens (including phenoxy) is 1. The van der Waals surface area contributed by atoms with Gasteiger partial charge in [0.25, 0.3) is 0 Å². The second-order valence-electron chi connectivity index (χ2n) is 4.63. The molecule has 0 aliphatic rings. The van der Waals surface area contributed by atoms with Crippen molar-refractivity contribution in [3.63, 3.8) is 0 Å². The lowest BCUT2D eigenvalue weighted by Crippen LogP contribution is -2.15. The first-order valence-electron chi connectivity index (χ1n) is 7.34. The Morgan fingerprint density at radius 3 is 2.91 bits per heavy atom. The van der Waals surface area contributed by atoms with Gasteiger partial charge in [-0.2, -0.15) is 5.10 Å². The summed E-state index contributed by atoms with van der Waals surface area (Å²) in [7, 11) is 0. The molecule has 120 valence electrons. The van der Waals surface area contributed by atoms with Crippen LogP contribution in [-0.2, 0) is 0 Å². The summed E-state index contributed by atoms with van der Waals surface area (Å²) >= 11 is 1.10. The van der Waals surface area contributed by atoms with E-state index in [9.17, 15) is 4.79 Å². The largest absolute Gasteiger partial charge is 0.478 e. The van der Waals surface area contributed by atoms with Gasteiger partial charge in [-0.3, -0.25) is 4.79 Å². The highest BCUT2D eigenvalue weighted by Gasteiger charge is 2.06. The molecule has 0 fully saturated rings. The Morgan fingerprint density at radius 1 is 1.43 bits per heavy atom. The number of thioether (sulfide) groups is 1. The van der Waals surface area contributed by atoms with Crippen LogP contribution < -0.4 is 10.1 Å². The molecule has 0 spiro atoms. The third-order valence-corrected chi connectivity index (χ3v) is 3.53. The monoisotopic (exact) mass is 329 g/mol. The van der Waals surface area contributed by atoms with Crippen LogP contribution in [-0.4, -0.2) is 27.4 Å². The van der Waals surface area contributed by atoms with Crippen molar-refractivity contribution in [2.75, 3.05) is 12.4 Å². The van der Waals surface area contributed by atoms with Crippen LogP contribution in [0.25, 0.3) is 5.69 Å². The molecule has 1 aromatic carbocycles. The van der Waals surface area contributed by atoms with Crippen LogP contribution in [0, 0.1) is 0 Å². The van der Waals surface area contributed by atoms with E-state index < -0.39 is 0 Å². The molecule has 1 heterocycles. The number of amides is 1. The molecule has 1 amide bonds. The molecule has 2 aromatic rings. The minimum Gasteiger partial charge on any atom is -0.478 e. The Kier molecular flexibility index (Phi) is 6.62. The van der Waals surface area contributed by atoms with Gasteiger partial charge in [-0.25, -0.2) is 9.67 Å². The number of hydrogen-bond acceptors (Lipinski definition) is 4. The van der Waals surface area contributed by atoms with Crippen LogP contribution >= 0.6 is 11.8 Å². The standard InChI is InChI=1S/C17H19N3O2S/c1-3-10-22-16-12-14(19-17(21)23-11-4-2)13-18-20(16)15-8-6-5-7-9-15/h4-9,12-13H,2-3,10-11H2,1H3. The summed E-state index contributed by atoms with van der Waals surface area (Å²) in [6, 6.07) is 11.4. The van der Waals surface area contributed by atoms with Crippen LogP contribution in [0.5, 0.6) is 5.88 Å². The SMILES string of the molecule is C=CCSC(=O)N=c1cnn(-c2ccccc2)c(OCCC)c1. The third-order valence-electron chi connectivity index (χ3n) is 2.79. The predicted octanol–water partition coefficient (Wildman–Crippen LogP) is 3.60. The molecule has 6 heteroatoms. The van der Waals surface area contributed by atoms with E-state index in [-0.39, 0.29) is 5.24 Å². The zero-order valence-corrected chi connectivity index (χ0v) is 13.8. The fraction of sp³-hybridized carbons (Fsp3) is 0.235. The molecule has 0 bridgehead atoms. The first-order chi connectivity index (χ1) is 11.2. The lowest BCUT2D eigenvalue weighted by molar-refractivity contribution is 0.267. The van der Waals surface area contributed by atoms with Crippen molar-refractivity contribution >= 4 is 17.0 Å². The maximum Gasteiger partial charge on any atom is 0.305 e.